The third-order valence-electron chi connectivity index (χ3n) is 2.19. The van der Waals surface area contributed by atoms with Crippen molar-refractivity contribution in [2.75, 3.05) is 30.5 Å². The number of sulfone groups is 1. The smallest absolute Gasteiger partial charge is 0.149 e. The van der Waals surface area contributed by atoms with Crippen LogP contribution in [-0.4, -0.2) is 39.0 Å². The molecule has 1 rings (SSSR count). The van der Waals surface area contributed by atoms with Crippen LogP contribution in [0.1, 0.15) is 5.56 Å². The van der Waals surface area contributed by atoms with Crippen LogP contribution in [0, 0.1) is 0 Å². The zero-order chi connectivity index (χ0) is 13.1. The minimum absolute atomic E-state index is 0.0682. The lowest BCUT2D eigenvalue weighted by Crippen LogP contribution is -2.25. The quantitative estimate of drug-likeness (QED) is 0.780. The van der Waals surface area contributed by atoms with E-state index in [9.17, 15) is 8.42 Å². The Morgan fingerprint density at radius 3 is 2.59 bits per heavy atom. The first kappa shape index (κ1) is 14.5. The van der Waals surface area contributed by atoms with Crippen molar-refractivity contribution in [3.8, 4) is 0 Å². The summed E-state index contributed by atoms with van der Waals surface area (Å²) in [5, 5.41) is 0.471. The third-order valence-corrected chi connectivity index (χ3v) is 3.70. The van der Waals surface area contributed by atoms with Crippen LogP contribution in [-0.2, 0) is 15.7 Å². The zero-order valence-corrected chi connectivity index (χ0v) is 12.0. The predicted molar refractivity (Wildman–Crippen MR) is 71.8 cm³/mol. The number of alkyl halides is 1. The Bertz CT molecular complexity index is 491. The summed E-state index contributed by atoms with van der Waals surface area (Å²) in [6.07, 6.45) is 2.83. The van der Waals surface area contributed by atoms with Crippen LogP contribution in [0.5, 0.6) is 0 Å². The van der Waals surface area contributed by atoms with E-state index in [4.69, 9.17) is 23.2 Å². The van der Waals surface area contributed by atoms with Gasteiger partial charge in [-0.05, 0) is 11.6 Å². The molecule has 0 fully saturated rings. The average molecular weight is 297 g/mol. The van der Waals surface area contributed by atoms with Crippen LogP contribution in [0.4, 0.5) is 5.82 Å². The number of rotatable bonds is 5. The van der Waals surface area contributed by atoms with Crippen molar-refractivity contribution in [1.29, 1.82) is 0 Å². The second-order valence-electron chi connectivity index (χ2n) is 3.83. The monoisotopic (exact) mass is 296 g/mol. The van der Waals surface area contributed by atoms with E-state index in [1.807, 2.05) is 0 Å². The molecule has 1 heterocycles. The maximum atomic E-state index is 11.1. The molecular weight excluding hydrogens is 283 g/mol. The van der Waals surface area contributed by atoms with Gasteiger partial charge in [0, 0.05) is 31.9 Å². The minimum Gasteiger partial charge on any atom is -0.357 e. The molecule has 0 aliphatic carbocycles. The molecule has 0 amide bonds. The summed E-state index contributed by atoms with van der Waals surface area (Å²) in [6, 6.07) is 1.73. The molecule has 0 aromatic carbocycles. The fourth-order valence-electron chi connectivity index (χ4n) is 1.23. The molecule has 0 aliphatic rings. The Balaban J connectivity index is 2.79. The highest BCUT2D eigenvalue weighted by atomic mass is 35.5. The van der Waals surface area contributed by atoms with Crippen molar-refractivity contribution in [2.24, 2.45) is 0 Å². The van der Waals surface area contributed by atoms with E-state index < -0.39 is 9.84 Å². The Morgan fingerprint density at radius 1 is 1.47 bits per heavy atom. The normalized spacial score (nSPS) is 11.5. The minimum atomic E-state index is -2.99. The molecule has 7 heteroatoms. The summed E-state index contributed by atoms with van der Waals surface area (Å²) < 4.78 is 22.1. The summed E-state index contributed by atoms with van der Waals surface area (Å²) in [5.74, 6) is 0.975. The fourth-order valence-corrected chi connectivity index (χ4v) is 2.32. The highest BCUT2D eigenvalue weighted by Gasteiger charge is 2.11. The first-order chi connectivity index (χ1) is 7.83. The largest absolute Gasteiger partial charge is 0.357 e. The fraction of sp³-hybridized carbons (Fsp3) is 0.500. The maximum absolute atomic E-state index is 11.1. The number of hydrogen-bond acceptors (Lipinski definition) is 4. The standard InChI is InChI=1S/C10H14Cl2N2O2S/c1-14(3-4-17(2,15)16)10-9(12)5-8(6-11)7-13-10/h5,7H,3-4,6H2,1-2H3. The summed E-state index contributed by atoms with van der Waals surface area (Å²) >= 11 is 11.7. The molecule has 0 N–H and O–H groups in total. The SMILES string of the molecule is CN(CCS(C)(=O)=O)c1ncc(CCl)cc1Cl. The van der Waals surface area contributed by atoms with Crippen molar-refractivity contribution in [3.63, 3.8) is 0 Å². The number of hydrogen-bond donors (Lipinski definition) is 0. The van der Waals surface area contributed by atoms with Gasteiger partial charge in [-0.3, -0.25) is 0 Å². The van der Waals surface area contributed by atoms with Crippen molar-refractivity contribution in [3.05, 3.63) is 22.8 Å². The number of nitrogens with zero attached hydrogens (tertiary/aromatic N) is 2. The third kappa shape index (κ3) is 4.69. The van der Waals surface area contributed by atoms with Crippen LogP contribution in [0.25, 0.3) is 0 Å². The summed E-state index contributed by atoms with van der Waals surface area (Å²) in [4.78, 5) is 5.87. The Kier molecular flexibility index (Phi) is 5.04. The van der Waals surface area contributed by atoms with E-state index in [0.717, 1.165) is 5.56 Å². The van der Waals surface area contributed by atoms with Gasteiger partial charge in [0.2, 0.25) is 0 Å². The van der Waals surface area contributed by atoms with E-state index >= 15 is 0 Å². The van der Waals surface area contributed by atoms with Gasteiger partial charge in [0.1, 0.15) is 15.7 Å². The Labute approximate surface area is 111 Å². The summed E-state index contributed by atoms with van der Waals surface area (Å²) in [7, 11) is -1.24. The number of pyridine rings is 1. The van der Waals surface area contributed by atoms with E-state index in [1.165, 1.54) is 6.26 Å². The van der Waals surface area contributed by atoms with Gasteiger partial charge in [-0.15, -0.1) is 11.6 Å². The van der Waals surface area contributed by atoms with Gasteiger partial charge in [-0.25, -0.2) is 13.4 Å². The number of aromatic nitrogens is 1. The zero-order valence-electron chi connectivity index (χ0n) is 9.65. The molecular formula is C10H14Cl2N2O2S. The molecule has 0 spiro atoms. The van der Waals surface area contributed by atoms with E-state index in [1.54, 1.807) is 24.2 Å². The van der Waals surface area contributed by atoms with E-state index in [-0.39, 0.29) is 5.75 Å². The van der Waals surface area contributed by atoms with Crippen LogP contribution < -0.4 is 4.90 Å². The topological polar surface area (TPSA) is 50.3 Å². The molecule has 4 nitrogen and oxygen atoms in total. The van der Waals surface area contributed by atoms with Crippen LogP contribution >= 0.6 is 23.2 Å². The Hall–Kier alpha value is -0.520. The Morgan fingerprint density at radius 2 is 2.12 bits per heavy atom. The van der Waals surface area contributed by atoms with Gasteiger partial charge >= 0.3 is 0 Å². The van der Waals surface area contributed by atoms with E-state index in [2.05, 4.69) is 4.98 Å². The molecule has 1 aromatic rings. The first-order valence-corrected chi connectivity index (χ1v) is 7.90. The lowest BCUT2D eigenvalue weighted by atomic mass is 10.3. The first-order valence-electron chi connectivity index (χ1n) is 4.92. The second kappa shape index (κ2) is 5.89. The van der Waals surface area contributed by atoms with Gasteiger partial charge in [-0.1, -0.05) is 11.6 Å². The van der Waals surface area contributed by atoms with Gasteiger partial charge in [0.15, 0.2) is 0 Å². The predicted octanol–water partition coefficient (Wildman–Crippen LogP) is 1.95. The van der Waals surface area contributed by atoms with Crippen LogP contribution in [0.2, 0.25) is 5.02 Å². The molecule has 96 valence electrons. The van der Waals surface area contributed by atoms with Crippen LogP contribution in [0.3, 0.4) is 0 Å². The number of halogens is 2. The molecule has 1 aromatic heterocycles. The highest BCUT2D eigenvalue weighted by molar-refractivity contribution is 7.90. The summed E-state index contributed by atoms with van der Waals surface area (Å²) in [6.45, 7) is 0.353. The molecule has 17 heavy (non-hydrogen) atoms. The lowest BCUT2D eigenvalue weighted by molar-refractivity contribution is 0.601. The van der Waals surface area contributed by atoms with Crippen molar-refractivity contribution >= 4 is 38.9 Å². The maximum Gasteiger partial charge on any atom is 0.149 e. The summed E-state index contributed by atoms with van der Waals surface area (Å²) in [5.41, 5.74) is 0.830. The van der Waals surface area contributed by atoms with E-state index in [0.29, 0.717) is 23.3 Å². The van der Waals surface area contributed by atoms with Gasteiger partial charge < -0.3 is 4.90 Å². The van der Waals surface area contributed by atoms with Gasteiger partial charge in [-0.2, -0.15) is 0 Å². The molecule has 0 bridgehead atoms. The highest BCUT2D eigenvalue weighted by Crippen LogP contribution is 2.23. The van der Waals surface area contributed by atoms with Gasteiger partial charge in [0.05, 0.1) is 10.8 Å². The second-order valence-corrected chi connectivity index (χ2v) is 6.77. The molecule has 0 unspecified atom stereocenters. The lowest BCUT2D eigenvalue weighted by Gasteiger charge is -2.19. The van der Waals surface area contributed by atoms with Crippen molar-refractivity contribution in [2.45, 2.75) is 5.88 Å². The molecule has 0 atom stereocenters. The average Bonchev–Trinajstić information content (AvgIpc) is 2.24. The molecule has 0 aliphatic heterocycles. The number of anilines is 1. The molecule has 0 saturated carbocycles. The molecule has 0 radical (unpaired) electrons. The van der Waals surface area contributed by atoms with Crippen LogP contribution in [0.15, 0.2) is 12.3 Å². The van der Waals surface area contributed by atoms with Gasteiger partial charge in [0.25, 0.3) is 0 Å². The van der Waals surface area contributed by atoms with Crippen molar-refractivity contribution < 1.29 is 8.42 Å². The van der Waals surface area contributed by atoms with Crippen molar-refractivity contribution in [1.82, 2.24) is 4.98 Å². The molecule has 0 saturated heterocycles.